The highest BCUT2D eigenvalue weighted by molar-refractivity contribution is 5.37. The van der Waals surface area contributed by atoms with E-state index in [9.17, 15) is 4.39 Å². The summed E-state index contributed by atoms with van der Waals surface area (Å²) in [6.07, 6.45) is 2.98. The summed E-state index contributed by atoms with van der Waals surface area (Å²) < 4.78 is 18.4. The van der Waals surface area contributed by atoms with Crippen molar-refractivity contribution in [3.8, 4) is 5.75 Å². The number of rotatable bonds is 2. The van der Waals surface area contributed by atoms with E-state index in [4.69, 9.17) is 10.5 Å². The number of halogens is 1. The Bertz CT molecular complexity index is 353. The highest BCUT2D eigenvalue weighted by Crippen LogP contribution is 2.38. The summed E-state index contributed by atoms with van der Waals surface area (Å²) in [5, 5.41) is 0. The molecule has 15 heavy (non-hydrogen) atoms. The Kier molecular flexibility index (Phi) is 2.91. The van der Waals surface area contributed by atoms with Gasteiger partial charge in [-0.3, -0.25) is 0 Å². The van der Waals surface area contributed by atoms with Crippen LogP contribution in [0.5, 0.6) is 5.75 Å². The van der Waals surface area contributed by atoms with E-state index in [1.807, 2.05) is 0 Å². The molecule has 1 fully saturated rings. The molecule has 2 atom stereocenters. The molecule has 0 heterocycles. The predicted molar refractivity (Wildman–Crippen MR) is 57.5 cm³/mol. The van der Waals surface area contributed by atoms with Crippen molar-refractivity contribution < 1.29 is 9.13 Å². The van der Waals surface area contributed by atoms with Gasteiger partial charge in [-0.2, -0.15) is 0 Å². The van der Waals surface area contributed by atoms with Crippen LogP contribution < -0.4 is 10.5 Å². The third-order valence-corrected chi connectivity index (χ3v) is 3.10. The topological polar surface area (TPSA) is 35.2 Å². The summed E-state index contributed by atoms with van der Waals surface area (Å²) in [4.78, 5) is 0. The van der Waals surface area contributed by atoms with Crippen LogP contribution in [0.15, 0.2) is 18.2 Å². The fraction of sp³-hybridized carbons (Fsp3) is 0.500. The minimum Gasteiger partial charge on any atom is -0.496 e. The maximum atomic E-state index is 13.1. The molecule has 1 aliphatic carbocycles. The Hall–Kier alpha value is -1.09. The molecule has 1 saturated carbocycles. The Morgan fingerprint density at radius 1 is 1.40 bits per heavy atom. The van der Waals surface area contributed by atoms with Crippen LogP contribution in [0.2, 0.25) is 0 Å². The molecule has 0 aliphatic heterocycles. The van der Waals surface area contributed by atoms with E-state index in [-0.39, 0.29) is 11.9 Å². The number of methoxy groups -OCH3 is 1. The van der Waals surface area contributed by atoms with Gasteiger partial charge in [-0.05, 0) is 43.4 Å². The fourth-order valence-electron chi connectivity index (χ4n) is 2.32. The molecule has 2 nitrogen and oxygen atoms in total. The van der Waals surface area contributed by atoms with Gasteiger partial charge in [0.15, 0.2) is 0 Å². The van der Waals surface area contributed by atoms with Gasteiger partial charge in [0.1, 0.15) is 11.6 Å². The number of hydrogen-bond acceptors (Lipinski definition) is 2. The highest BCUT2D eigenvalue weighted by Gasteiger charge is 2.25. The first-order valence-corrected chi connectivity index (χ1v) is 5.29. The molecule has 2 rings (SSSR count). The summed E-state index contributed by atoms with van der Waals surface area (Å²) in [7, 11) is 1.62. The number of hydrogen-bond donors (Lipinski definition) is 1. The lowest BCUT2D eigenvalue weighted by molar-refractivity contribution is 0.403. The molecule has 0 saturated heterocycles. The average molecular weight is 209 g/mol. The van der Waals surface area contributed by atoms with Crippen LogP contribution in [0.1, 0.15) is 30.7 Å². The van der Waals surface area contributed by atoms with Gasteiger partial charge >= 0.3 is 0 Å². The zero-order valence-electron chi connectivity index (χ0n) is 8.87. The van der Waals surface area contributed by atoms with Crippen molar-refractivity contribution in [3.05, 3.63) is 29.6 Å². The van der Waals surface area contributed by atoms with E-state index in [1.54, 1.807) is 19.2 Å². The van der Waals surface area contributed by atoms with Gasteiger partial charge in [0.2, 0.25) is 0 Å². The van der Waals surface area contributed by atoms with Crippen LogP contribution in [0, 0.1) is 5.82 Å². The third kappa shape index (κ3) is 2.12. The summed E-state index contributed by atoms with van der Waals surface area (Å²) in [5.74, 6) is 0.924. The third-order valence-electron chi connectivity index (χ3n) is 3.10. The summed E-state index contributed by atoms with van der Waals surface area (Å²) in [6.45, 7) is 0. The molecule has 0 radical (unpaired) electrons. The van der Waals surface area contributed by atoms with E-state index in [2.05, 4.69) is 0 Å². The quantitative estimate of drug-likeness (QED) is 0.811. The molecular weight excluding hydrogens is 193 g/mol. The van der Waals surface area contributed by atoms with Crippen molar-refractivity contribution in [2.24, 2.45) is 5.73 Å². The van der Waals surface area contributed by atoms with Crippen LogP contribution in [-0.2, 0) is 0 Å². The lowest BCUT2D eigenvalue weighted by atomic mass is 9.96. The highest BCUT2D eigenvalue weighted by atomic mass is 19.1. The van der Waals surface area contributed by atoms with Gasteiger partial charge in [-0.15, -0.1) is 0 Å². The largest absolute Gasteiger partial charge is 0.496 e. The van der Waals surface area contributed by atoms with Crippen LogP contribution in [0.3, 0.4) is 0 Å². The molecule has 0 amide bonds. The molecule has 82 valence electrons. The Labute approximate surface area is 89.2 Å². The lowest BCUT2D eigenvalue weighted by Crippen LogP contribution is -2.14. The Morgan fingerprint density at radius 2 is 2.20 bits per heavy atom. The van der Waals surface area contributed by atoms with Crippen molar-refractivity contribution in [1.29, 1.82) is 0 Å². The zero-order valence-corrected chi connectivity index (χ0v) is 8.87. The minimum atomic E-state index is -0.203. The first-order valence-electron chi connectivity index (χ1n) is 5.29. The predicted octanol–water partition coefficient (Wildman–Crippen LogP) is 2.43. The first kappa shape index (κ1) is 10.4. The maximum Gasteiger partial charge on any atom is 0.123 e. The van der Waals surface area contributed by atoms with Gasteiger partial charge in [0.25, 0.3) is 0 Å². The number of nitrogens with two attached hydrogens (primary N) is 1. The molecule has 1 aromatic rings. The maximum absolute atomic E-state index is 13.1. The summed E-state index contributed by atoms with van der Waals surface area (Å²) in [6, 6.07) is 4.94. The summed E-state index contributed by atoms with van der Waals surface area (Å²) >= 11 is 0. The van der Waals surface area contributed by atoms with E-state index >= 15 is 0 Å². The van der Waals surface area contributed by atoms with Crippen molar-refractivity contribution >= 4 is 0 Å². The van der Waals surface area contributed by atoms with E-state index in [1.165, 1.54) is 6.07 Å². The second-order valence-corrected chi connectivity index (χ2v) is 4.16. The molecule has 1 aromatic carbocycles. The van der Waals surface area contributed by atoms with Crippen molar-refractivity contribution in [2.45, 2.75) is 31.2 Å². The van der Waals surface area contributed by atoms with Crippen LogP contribution in [0.25, 0.3) is 0 Å². The standard InChI is InChI=1S/C12H16FNO/c1-15-12-5-3-9(13)7-11(12)8-2-4-10(14)6-8/h3,5,7-8,10H,2,4,6,14H2,1H3. The van der Waals surface area contributed by atoms with Crippen molar-refractivity contribution in [3.63, 3.8) is 0 Å². The molecule has 0 spiro atoms. The van der Waals surface area contributed by atoms with Gasteiger partial charge in [0.05, 0.1) is 7.11 Å². The van der Waals surface area contributed by atoms with Crippen LogP contribution in [-0.4, -0.2) is 13.2 Å². The lowest BCUT2D eigenvalue weighted by Gasteiger charge is -2.14. The van der Waals surface area contributed by atoms with E-state index < -0.39 is 0 Å². The van der Waals surface area contributed by atoms with Gasteiger partial charge in [-0.25, -0.2) is 4.39 Å². The molecule has 0 bridgehead atoms. The van der Waals surface area contributed by atoms with Crippen LogP contribution in [0.4, 0.5) is 4.39 Å². The normalized spacial score (nSPS) is 25.5. The minimum absolute atomic E-state index is 0.203. The average Bonchev–Trinajstić information content (AvgIpc) is 2.65. The Morgan fingerprint density at radius 3 is 2.80 bits per heavy atom. The zero-order chi connectivity index (χ0) is 10.8. The molecule has 2 unspecified atom stereocenters. The molecule has 2 N–H and O–H groups in total. The first-order chi connectivity index (χ1) is 7.20. The van der Waals surface area contributed by atoms with Gasteiger partial charge in [-0.1, -0.05) is 0 Å². The second kappa shape index (κ2) is 4.19. The Balaban J connectivity index is 2.29. The SMILES string of the molecule is COc1ccc(F)cc1C1CCC(N)C1. The molecule has 0 aromatic heterocycles. The van der Waals surface area contributed by atoms with Gasteiger partial charge in [0, 0.05) is 11.6 Å². The molecular formula is C12H16FNO. The van der Waals surface area contributed by atoms with E-state index in [0.717, 1.165) is 30.6 Å². The fourth-order valence-corrected chi connectivity index (χ4v) is 2.32. The van der Waals surface area contributed by atoms with Crippen LogP contribution >= 0.6 is 0 Å². The molecule has 1 aliphatic rings. The number of benzene rings is 1. The van der Waals surface area contributed by atoms with Crippen molar-refractivity contribution in [1.82, 2.24) is 0 Å². The monoisotopic (exact) mass is 209 g/mol. The molecule has 3 heteroatoms. The second-order valence-electron chi connectivity index (χ2n) is 4.16. The van der Waals surface area contributed by atoms with Gasteiger partial charge < -0.3 is 10.5 Å². The summed E-state index contributed by atoms with van der Waals surface area (Å²) in [5.41, 5.74) is 6.82. The smallest absolute Gasteiger partial charge is 0.123 e. The van der Waals surface area contributed by atoms with Crippen molar-refractivity contribution in [2.75, 3.05) is 7.11 Å². The van der Waals surface area contributed by atoms with E-state index in [0.29, 0.717) is 5.92 Å². The number of ether oxygens (including phenoxy) is 1.